The Balaban J connectivity index is 2.05. The van der Waals surface area contributed by atoms with Crippen molar-refractivity contribution in [3.05, 3.63) is 71.8 Å². The van der Waals surface area contributed by atoms with Crippen LogP contribution in [0.1, 0.15) is 18.1 Å². The molecule has 148 valence electrons. The third kappa shape index (κ3) is 7.25. The van der Waals surface area contributed by atoms with E-state index in [1.165, 1.54) is 11.0 Å². The second kappa shape index (κ2) is 11.6. The van der Waals surface area contributed by atoms with E-state index in [-0.39, 0.29) is 25.9 Å². The Hall–Kier alpha value is -3.12. The molecule has 6 heteroatoms. The van der Waals surface area contributed by atoms with Gasteiger partial charge in [-0.15, -0.1) is 0 Å². The monoisotopic (exact) mass is 383 g/mol. The van der Waals surface area contributed by atoms with Gasteiger partial charge in [0, 0.05) is 19.7 Å². The predicted octanol–water partition coefficient (Wildman–Crippen LogP) is 3.27. The smallest absolute Gasteiger partial charge is 0.325 e. The number of ether oxygens (including phenoxy) is 3. The Morgan fingerprint density at radius 1 is 1.04 bits per heavy atom. The maximum absolute atomic E-state index is 12.7. The van der Waals surface area contributed by atoms with Crippen LogP contribution < -0.4 is 4.74 Å². The maximum Gasteiger partial charge on any atom is 0.325 e. The fraction of sp³-hybridized carbons (Fsp3) is 0.273. The fourth-order valence-corrected chi connectivity index (χ4v) is 2.45. The number of methoxy groups -OCH3 is 1. The molecule has 0 aliphatic heterocycles. The van der Waals surface area contributed by atoms with Gasteiger partial charge >= 0.3 is 5.97 Å². The van der Waals surface area contributed by atoms with Crippen molar-refractivity contribution in [3.63, 3.8) is 0 Å². The summed E-state index contributed by atoms with van der Waals surface area (Å²) in [5.74, 6) is -0.0187. The van der Waals surface area contributed by atoms with Gasteiger partial charge in [0.15, 0.2) is 6.79 Å². The largest absolute Gasteiger partial charge is 0.468 e. The van der Waals surface area contributed by atoms with Crippen LogP contribution in [0.3, 0.4) is 0 Å². The van der Waals surface area contributed by atoms with Crippen LogP contribution in [0.25, 0.3) is 6.08 Å². The molecule has 0 aliphatic rings. The lowest BCUT2D eigenvalue weighted by molar-refractivity contribution is -0.148. The van der Waals surface area contributed by atoms with Crippen LogP contribution in [-0.4, -0.2) is 43.8 Å². The van der Waals surface area contributed by atoms with Crippen molar-refractivity contribution >= 4 is 18.0 Å². The van der Waals surface area contributed by atoms with Gasteiger partial charge < -0.3 is 19.1 Å². The molecule has 28 heavy (non-hydrogen) atoms. The Bertz CT molecular complexity index is 771. The number of hydrogen-bond donors (Lipinski definition) is 0. The molecule has 0 aromatic heterocycles. The number of carbonyl (C=O) groups is 2. The van der Waals surface area contributed by atoms with E-state index in [2.05, 4.69) is 0 Å². The van der Waals surface area contributed by atoms with Crippen molar-refractivity contribution in [2.75, 3.05) is 27.1 Å². The van der Waals surface area contributed by atoms with Crippen LogP contribution in [0, 0.1) is 0 Å². The van der Waals surface area contributed by atoms with Gasteiger partial charge in [-0.25, -0.2) is 0 Å². The van der Waals surface area contributed by atoms with E-state index in [9.17, 15) is 9.59 Å². The number of benzene rings is 2. The van der Waals surface area contributed by atoms with Gasteiger partial charge in [0.1, 0.15) is 12.3 Å². The van der Waals surface area contributed by atoms with Crippen LogP contribution in [0.15, 0.2) is 60.7 Å². The minimum absolute atomic E-state index is 0.101. The number of nitrogens with zero attached hydrogens (tertiary/aromatic N) is 1. The summed E-state index contributed by atoms with van der Waals surface area (Å²) < 4.78 is 15.2. The van der Waals surface area contributed by atoms with E-state index in [4.69, 9.17) is 14.2 Å². The van der Waals surface area contributed by atoms with Crippen molar-refractivity contribution in [1.29, 1.82) is 0 Å². The second-order valence-corrected chi connectivity index (χ2v) is 5.94. The molecule has 0 saturated heterocycles. The van der Waals surface area contributed by atoms with Gasteiger partial charge in [0.05, 0.1) is 6.61 Å². The van der Waals surface area contributed by atoms with E-state index in [1.54, 1.807) is 32.2 Å². The molecule has 0 spiro atoms. The summed E-state index contributed by atoms with van der Waals surface area (Å²) in [6.45, 7) is 2.42. The summed E-state index contributed by atoms with van der Waals surface area (Å²) in [6.07, 6.45) is 3.15. The third-order valence-corrected chi connectivity index (χ3v) is 3.80. The average molecular weight is 383 g/mol. The van der Waals surface area contributed by atoms with E-state index in [0.29, 0.717) is 12.3 Å². The molecule has 1 amide bonds. The van der Waals surface area contributed by atoms with E-state index >= 15 is 0 Å². The quantitative estimate of drug-likeness (QED) is 0.358. The summed E-state index contributed by atoms with van der Waals surface area (Å²) >= 11 is 0. The van der Waals surface area contributed by atoms with Crippen molar-refractivity contribution in [2.24, 2.45) is 0 Å². The highest BCUT2D eigenvalue weighted by Crippen LogP contribution is 2.14. The molecule has 2 aromatic rings. The van der Waals surface area contributed by atoms with Crippen LogP contribution >= 0.6 is 0 Å². The Labute approximate surface area is 165 Å². The summed E-state index contributed by atoms with van der Waals surface area (Å²) in [6, 6.07) is 16.8. The molecule has 0 atom stereocenters. The SMILES string of the molecule is CCOC(=O)CN(Cc1ccccc1)C(=O)/C=C/c1ccc(OCOC)cc1. The first-order valence-corrected chi connectivity index (χ1v) is 9.00. The van der Waals surface area contributed by atoms with Crippen molar-refractivity contribution in [2.45, 2.75) is 13.5 Å². The Kier molecular flexibility index (Phi) is 8.75. The van der Waals surface area contributed by atoms with Crippen LogP contribution in [0.2, 0.25) is 0 Å². The van der Waals surface area contributed by atoms with Crippen molar-refractivity contribution in [3.8, 4) is 5.75 Å². The van der Waals surface area contributed by atoms with E-state index in [0.717, 1.165) is 11.1 Å². The normalized spacial score (nSPS) is 10.6. The topological polar surface area (TPSA) is 65.1 Å². The average Bonchev–Trinajstić information content (AvgIpc) is 2.71. The second-order valence-electron chi connectivity index (χ2n) is 5.94. The van der Waals surface area contributed by atoms with Gasteiger partial charge in [0.25, 0.3) is 0 Å². The molecule has 0 N–H and O–H groups in total. The number of rotatable bonds is 10. The zero-order chi connectivity index (χ0) is 20.2. The molecule has 0 bridgehead atoms. The molecule has 0 unspecified atom stereocenters. The molecule has 0 heterocycles. The third-order valence-electron chi connectivity index (χ3n) is 3.80. The lowest BCUT2D eigenvalue weighted by Crippen LogP contribution is -2.35. The van der Waals surface area contributed by atoms with Crippen LogP contribution in [0.4, 0.5) is 0 Å². The molecular formula is C22H25NO5. The van der Waals surface area contributed by atoms with Gasteiger partial charge in [-0.2, -0.15) is 0 Å². The van der Waals surface area contributed by atoms with Crippen molar-refractivity contribution < 1.29 is 23.8 Å². The molecule has 0 aliphatic carbocycles. The first-order chi connectivity index (χ1) is 13.6. The molecule has 2 aromatic carbocycles. The van der Waals surface area contributed by atoms with Gasteiger partial charge in [-0.05, 0) is 36.3 Å². The highest BCUT2D eigenvalue weighted by atomic mass is 16.7. The lowest BCUT2D eigenvalue weighted by atomic mass is 10.2. The molecule has 0 radical (unpaired) electrons. The van der Waals surface area contributed by atoms with Gasteiger partial charge in [0.2, 0.25) is 5.91 Å². The maximum atomic E-state index is 12.7. The van der Waals surface area contributed by atoms with Crippen LogP contribution in [-0.2, 0) is 25.6 Å². The van der Waals surface area contributed by atoms with E-state index in [1.807, 2.05) is 42.5 Å². The zero-order valence-corrected chi connectivity index (χ0v) is 16.2. The highest BCUT2D eigenvalue weighted by molar-refractivity contribution is 5.93. The minimum atomic E-state index is -0.431. The number of amides is 1. The standard InChI is InChI=1S/C22H25NO5/c1-3-27-22(25)16-23(15-19-7-5-4-6-8-19)21(24)14-11-18-9-12-20(13-10-18)28-17-26-2/h4-14H,3,15-17H2,1-2H3/b14-11+. The highest BCUT2D eigenvalue weighted by Gasteiger charge is 2.16. The molecular weight excluding hydrogens is 358 g/mol. The summed E-state index contributed by atoms with van der Waals surface area (Å²) in [4.78, 5) is 26.0. The van der Waals surface area contributed by atoms with Gasteiger partial charge in [-0.3, -0.25) is 9.59 Å². The Morgan fingerprint density at radius 3 is 2.39 bits per heavy atom. The number of carbonyl (C=O) groups excluding carboxylic acids is 2. The van der Waals surface area contributed by atoms with Crippen LogP contribution in [0.5, 0.6) is 5.75 Å². The minimum Gasteiger partial charge on any atom is -0.468 e. The first-order valence-electron chi connectivity index (χ1n) is 9.00. The zero-order valence-electron chi connectivity index (χ0n) is 16.2. The fourth-order valence-electron chi connectivity index (χ4n) is 2.45. The first kappa shape index (κ1) is 21.2. The molecule has 0 saturated carbocycles. The van der Waals surface area contributed by atoms with Crippen molar-refractivity contribution in [1.82, 2.24) is 4.90 Å². The lowest BCUT2D eigenvalue weighted by Gasteiger charge is -2.20. The van der Waals surface area contributed by atoms with E-state index < -0.39 is 5.97 Å². The van der Waals surface area contributed by atoms with Gasteiger partial charge in [-0.1, -0.05) is 42.5 Å². The molecule has 2 rings (SSSR count). The molecule has 0 fully saturated rings. The summed E-state index contributed by atoms with van der Waals surface area (Å²) in [5.41, 5.74) is 1.78. The number of esters is 1. The number of hydrogen-bond acceptors (Lipinski definition) is 5. The Morgan fingerprint density at radius 2 is 1.75 bits per heavy atom. The predicted molar refractivity (Wildman–Crippen MR) is 106 cm³/mol. The molecule has 6 nitrogen and oxygen atoms in total. The summed E-state index contributed by atoms with van der Waals surface area (Å²) in [5, 5.41) is 0. The summed E-state index contributed by atoms with van der Waals surface area (Å²) in [7, 11) is 1.56.